The molecule has 7 N–H and O–H groups in total. The molecule has 1 aliphatic heterocycles. The summed E-state index contributed by atoms with van der Waals surface area (Å²) in [7, 11) is 1.60. The van der Waals surface area contributed by atoms with E-state index >= 15 is 0 Å². The van der Waals surface area contributed by atoms with Gasteiger partial charge in [-0.2, -0.15) is 0 Å². The van der Waals surface area contributed by atoms with Crippen LogP contribution < -0.4 is 16.2 Å². The Labute approximate surface area is 104 Å². The second-order valence-electron chi connectivity index (χ2n) is 3.60. The summed E-state index contributed by atoms with van der Waals surface area (Å²) in [5, 5.41) is 40.5. The van der Waals surface area contributed by atoms with Crippen LogP contribution in [0.2, 0.25) is 0 Å². The molecule has 0 unspecified atom stereocenters. The number of hydrogen-bond acceptors (Lipinski definition) is 7. The number of hydrogen-bond donors (Lipinski definition) is 7. The predicted octanol–water partition coefficient (Wildman–Crippen LogP) is -3.62. The van der Waals surface area contributed by atoms with Crippen LogP contribution in [0.1, 0.15) is 0 Å². The van der Waals surface area contributed by atoms with E-state index in [1.165, 1.54) is 0 Å². The normalized spacial score (nSPS) is 37.6. The maximum atomic E-state index is 9.62. The van der Waals surface area contributed by atoms with Crippen LogP contribution in [0.25, 0.3) is 0 Å². The van der Waals surface area contributed by atoms with Crippen LogP contribution in [0.4, 0.5) is 0 Å². The standard InChI is InChI=1S/C8H17N3O5S/c1-9-8(17)11-10-7-6(15)5(14)4(13)3(2-12)16-7/h3-7,10,12-15H,2H2,1H3,(H2,9,11,17)/t3-,4+,5+,6+,7-/m1/s1. The molecule has 1 aliphatic rings. The highest BCUT2D eigenvalue weighted by molar-refractivity contribution is 7.80. The minimum Gasteiger partial charge on any atom is -0.394 e. The summed E-state index contributed by atoms with van der Waals surface area (Å²) in [6.07, 6.45) is -6.08. The van der Waals surface area contributed by atoms with Gasteiger partial charge in [0.2, 0.25) is 0 Å². The summed E-state index contributed by atoms with van der Waals surface area (Å²) < 4.78 is 5.15. The molecule has 0 amide bonds. The van der Waals surface area contributed by atoms with Crippen molar-refractivity contribution in [2.24, 2.45) is 0 Å². The number of aliphatic hydroxyl groups is 4. The quantitative estimate of drug-likeness (QED) is 0.205. The Morgan fingerprint density at radius 1 is 1.24 bits per heavy atom. The first-order valence-electron chi connectivity index (χ1n) is 5.05. The fourth-order valence-corrected chi connectivity index (χ4v) is 1.48. The SMILES string of the molecule is CNC(=S)NN[C@@H]1O[C@H](CO)[C@H](O)[C@H](O)[C@@H]1O. The summed E-state index contributed by atoms with van der Waals surface area (Å²) in [5.74, 6) is 0. The number of rotatable bonds is 3. The Hall–Kier alpha value is -0.550. The topological polar surface area (TPSA) is 126 Å². The summed E-state index contributed by atoms with van der Waals surface area (Å²) >= 11 is 4.79. The van der Waals surface area contributed by atoms with Crippen molar-refractivity contribution < 1.29 is 25.2 Å². The van der Waals surface area contributed by atoms with Crippen molar-refractivity contribution >= 4 is 17.3 Å². The van der Waals surface area contributed by atoms with Crippen LogP contribution >= 0.6 is 12.2 Å². The van der Waals surface area contributed by atoms with Gasteiger partial charge >= 0.3 is 0 Å². The van der Waals surface area contributed by atoms with Crippen molar-refractivity contribution in [1.82, 2.24) is 16.2 Å². The largest absolute Gasteiger partial charge is 0.394 e. The third kappa shape index (κ3) is 3.45. The van der Waals surface area contributed by atoms with Crippen LogP contribution in [0.3, 0.4) is 0 Å². The average Bonchev–Trinajstić information content (AvgIpc) is 2.34. The van der Waals surface area contributed by atoms with Gasteiger partial charge in [-0.1, -0.05) is 0 Å². The molecule has 8 nitrogen and oxygen atoms in total. The number of hydrazine groups is 1. The van der Waals surface area contributed by atoms with Crippen molar-refractivity contribution in [1.29, 1.82) is 0 Å². The lowest BCUT2D eigenvalue weighted by Gasteiger charge is -2.40. The van der Waals surface area contributed by atoms with E-state index in [-0.39, 0.29) is 5.11 Å². The van der Waals surface area contributed by atoms with Gasteiger partial charge in [0.1, 0.15) is 24.4 Å². The van der Waals surface area contributed by atoms with Crippen LogP contribution in [-0.4, -0.2) is 69.8 Å². The molecule has 1 saturated heterocycles. The van der Waals surface area contributed by atoms with Crippen LogP contribution in [0.5, 0.6) is 0 Å². The van der Waals surface area contributed by atoms with Crippen LogP contribution in [0, 0.1) is 0 Å². The average molecular weight is 267 g/mol. The van der Waals surface area contributed by atoms with E-state index in [2.05, 4.69) is 16.2 Å². The van der Waals surface area contributed by atoms with Gasteiger partial charge in [0.05, 0.1) is 6.61 Å². The molecule has 9 heteroatoms. The molecule has 5 atom stereocenters. The zero-order valence-electron chi connectivity index (χ0n) is 9.20. The maximum Gasteiger partial charge on any atom is 0.180 e. The van der Waals surface area contributed by atoms with Gasteiger partial charge in [-0.15, -0.1) is 0 Å². The first-order valence-corrected chi connectivity index (χ1v) is 5.45. The highest BCUT2D eigenvalue weighted by atomic mass is 32.1. The number of nitrogens with one attached hydrogen (secondary N) is 3. The lowest BCUT2D eigenvalue weighted by Crippen LogP contribution is -2.65. The first kappa shape index (κ1) is 14.5. The van der Waals surface area contributed by atoms with Gasteiger partial charge in [0, 0.05) is 7.05 Å². The molecule has 0 aromatic heterocycles. The van der Waals surface area contributed by atoms with E-state index in [1.54, 1.807) is 7.05 Å². The second kappa shape index (κ2) is 6.40. The fraction of sp³-hybridized carbons (Fsp3) is 0.875. The van der Waals surface area contributed by atoms with E-state index in [4.69, 9.17) is 22.1 Å². The highest BCUT2D eigenvalue weighted by Crippen LogP contribution is 2.19. The third-order valence-electron chi connectivity index (χ3n) is 2.45. The monoisotopic (exact) mass is 267 g/mol. The summed E-state index contributed by atoms with van der Waals surface area (Å²) in [4.78, 5) is 0. The molecule has 0 aromatic rings. The lowest BCUT2D eigenvalue weighted by molar-refractivity contribution is -0.238. The maximum absolute atomic E-state index is 9.62. The Bertz CT molecular complexity index is 268. The van der Waals surface area contributed by atoms with Gasteiger partial charge in [-0.05, 0) is 12.2 Å². The second-order valence-corrected chi connectivity index (χ2v) is 4.01. The highest BCUT2D eigenvalue weighted by Gasteiger charge is 2.43. The zero-order chi connectivity index (χ0) is 13.0. The molecule has 0 aliphatic carbocycles. The van der Waals surface area contributed by atoms with E-state index in [0.29, 0.717) is 0 Å². The molecular formula is C8H17N3O5S. The smallest absolute Gasteiger partial charge is 0.180 e. The van der Waals surface area contributed by atoms with Gasteiger partial charge in [0.15, 0.2) is 11.3 Å². The molecule has 17 heavy (non-hydrogen) atoms. The van der Waals surface area contributed by atoms with Crippen molar-refractivity contribution in [2.45, 2.75) is 30.6 Å². The third-order valence-corrected chi connectivity index (χ3v) is 2.75. The fourth-order valence-electron chi connectivity index (χ4n) is 1.42. The molecule has 0 bridgehead atoms. The van der Waals surface area contributed by atoms with Crippen LogP contribution in [0.15, 0.2) is 0 Å². The van der Waals surface area contributed by atoms with Gasteiger partial charge in [0.25, 0.3) is 0 Å². The Morgan fingerprint density at radius 2 is 1.88 bits per heavy atom. The molecular weight excluding hydrogens is 250 g/mol. The Morgan fingerprint density at radius 3 is 2.41 bits per heavy atom. The van der Waals surface area contributed by atoms with Gasteiger partial charge < -0.3 is 30.5 Å². The summed E-state index contributed by atoms with van der Waals surface area (Å²) in [5.41, 5.74) is 5.05. The van der Waals surface area contributed by atoms with E-state index in [1.807, 2.05) is 0 Å². The molecule has 1 fully saturated rings. The van der Waals surface area contributed by atoms with Gasteiger partial charge in [-0.25, -0.2) is 5.43 Å². The molecule has 1 rings (SSSR count). The number of ether oxygens (including phenoxy) is 1. The number of thiocarbonyl (C=S) groups is 1. The van der Waals surface area contributed by atoms with E-state index < -0.39 is 37.3 Å². The van der Waals surface area contributed by atoms with Crippen molar-refractivity contribution in [3.05, 3.63) is 0 Å². The Balaban J connectivity index is 2.56. The minimum absolute atomic E-state index is 0.266. The van der Waals surface area contributed by atoms with E-state index in [9.17, 15) is 15.3 Å². The minimum atomic E-state index is -1.41. The molecule has 0 aromatic carbocycles. The predicted molar refractivity (Wildman–Crippen MR) is 61.7 cm³/mol. The summed E-state index contributed by atoms with van der Waals surface area (Å²) in [6.45, 7) is -0.473. The molecule has 1 heterocycles. The van der Waals surface area contributed by atoms with Crippen LogP contribution in [-0.2, 0) is 4.74 Å². The first-order chi connectivity index (χ1) is 8.01. The zero-order valence-corrected chi connectivity index (χ0v) is 10.0. The molecule has 0 spiro atoms. The van der Waals surface area contributed by atoms with Crippen molar-refractivity contribution in [2.75, 3.05) is 13.7 Å². The number of aliphatic hydroxyl groups excluding tert-OH is 4. The van der Waals surface area contributed by atoms with Gasteiger partial charge in [-0.3, -0.25) is 5.43 Å². The lowest BCUT2D eigenvalue weighted by atomic mass is 9.99. The van der Waals surface area contributed by atoms with Crippen molar-refractivity contribution in [3.8, 4) is 0 Å². The molecule has 0 saturated carbocycles. The summed E-state index contributed by atoms with van der Waals surface area (Å²) in [6, 6.07) is 0. The molecule has 0 radical (unpaired) electrons. The molecule has 100 valence electrons. The van der Waals surface area contributed by atoms with Crippen molar-refractivity contribution in [3.63, 3.8) is 0 Å². The Kier molecular flexibility index (Phi) is 5.46. The van der Waals surface area contributed by atoms with E-state index in [0.717, 1.165) is 0 Å².